The van der Waals surface area contributed by atoms with E-state index in [-0.39, 0.29) is 5.75 Å². The van der Waals surface area contributed by atoms with E-state index in [1.165, 1.54) is 0 Å². The number of benzene rings is 1. The van der Waals surface area contributed by atoms with E-state index in [1.54, 1.807) is 42.7 Å². The summed E-state index contributed by atoms with van der Waals surface area (Å²) < 4.78 is 25.3. The molecule has 1 aromatic heterocycles. The van der Waals surface area contributed by atoms with E-state index in [4.69, 9.17) is 0 Å². The van der Waals surface area contributed by atoms with Crippen molar-refractivity contribution in [3.8, 4) is 0 Å². The van der Waals surface area contributed by atoms with E-state index in [0.717, 1.165) is 10.0 Å². The monoisotopic (exact) mass is 325 g/mol. The highest BCUT2D eigenvalue weighted by Gasteiger charge is 2.16. The highest BCUT2D eigenvalue weighted by molar-refractivity contribution is 9.10. The average molecular weight is 326 g/mol. The maximum absolute atomic E-state index is 12.2. The fourth-order valence-corrected chi connectivity index (χ4v) is 3.25. The van der Waals surface area contributed by atoms with Gasteiger partial charge in [0, 0.05) is 16.9 Å². The molecule has 0 aliphatic carbocycles. The Bertz CT molecular complexity index is 654. The molecule has 94 valence electrons. The molecule has 0 spiro atoms. The minimum Gasteiger partial charge on any atom is -0.264 e. The third kappa shape index (κ3) is 2.97. The highest BCUT2D eigenvalue weighted by Crippen LogP contribution is 2.22. The SMILES string of the molecule is Cc1cc(S(=O)(=O)Cc2cccnc2)ccc1Br. The maximum Gasteiger partial charge on any atom is 0.182 e. The van der Waals surface area contributed by atoms with Crippen LogP contribution in [0.1, 0.15) is 11.1 Å². The molecule has 0 saturated carbocycles. The molecule has 0 radical (unpaired) electrons. The van der Waals surface area contributed by atoms with Gasteiger partial charge >= 0.3 is 0 Å². The van der Waals surface area contributed by atoms with Crippen LogP contribution in [0.2, 0.25) is 0 Å². The smallest absolute Gasteiger partial charge is 0.182 e. The predicted octanol–water partition coefficient (Wildman–Crippen LogP) is 3.13. The van der Waals surface area contributed by atoms with Gasteiger partial charge in [-0.15, -0.1) is 0 Å². The fourth-order valence-electron chi connectivity index (χ4n) is 1.60. The zero-order valence-corrected chi connectivity index (χ0v) is 12.2. The molecule has 18 heavy (non-hydrogen) atoms. The van der Waals surface area contributed by atoms with Crippen LogP contribution in [0.5, 0.6) is 0 Å². The Labute approximate surface area is 115 Å². The second kappa shape index (κ2) is 5.20. The molecule has 1 aromatic carbocycles. The quantitative estimate of drug-likeness (QED) is 0.871. The summed E-state index contributed by atoms with van der Waals surface area (Å²) in [6, 6.07) is 8.54. The van der Waals surface area contributed by atoms with Crippen molar-refractivity contribution < 1.29 is 8.42 Å². The normalized spacial score (nSPS) is 11.4. The third-order valence-electron chi connectivity index (χ3n) is 2.57. The van der Waals surface area contributed by atoms with E-state index in [1.807, 2.05) is 6.92 Å². The van der Waals surface area contributed by atoms with Crippen LogP contribution < -0.4 is 0 Å². The Morgan fingerprint density at radius 1 is 1.28 bits per heavy atom. The van der Waals surface area contributed by atoms with Gasteiger partial charge in [-0.2, -0.15) is 0 Å². The van der Waals surface area contributed by atoms with Crippen LogP contribution in [0.15, 0.2) is 52.1 Å². The number of hydrogen-bond donors (Lipinski definition) is 0. The van der Waals surface area contributed by atoms with Crippen LogP contribution in [-0.4, -0.2) is 13.4 Å². The van der Waals surface area contributed by atoms with Crippen LogP contribution in [-0.2, 0) is 15.6 Å². The van der Waals surface area contributed by atoms with Gasteiger partial charge in [-0.25, -0.2) is 8.42 Å². The summed E-state index contributed by atoms with van der Waals surface area (Å²) in [6.45, 7) is 1.87. The second-order valence-corrected chi connectivity index (χ2v) is 6.88. The molecule has 0 saturated heterocycles. The van der Waals surface area contributed by atoms with Crippen LogP contribution >= 0.6 is 15.9 Å². The minimum absolute atomic E-state index is 0.0259. The first-order valence-corrected chi connectivity index (χ1v) is 7.81. The Hall–Kier alpha value is -1.20. The number of pyridine rings is 1. The van der Waals surface area contributed by atoms with Gasteiger partial charge in [0.15, 0.2) is 9.84 Å². The number of hydrogen-bond acceptors (Lipinski definition) is 3. The minimum atomic E-state index is -3.31. The third-order valence-corrected chi connectivity index (χ3v) is 5.14. The molecule has 0 unspecified atom stereocenters. The Kier molecular flexibility index (Phi) is 3.82. The number of sulfone groups is 1. The van der Waals surface area contributed by atoms with Crippen LogP contribution in [0.3, 0.4) is 0 Å². The van der Waals surface area contributed by atoms with Gasteiger partial charge in [0.25, 0.3) is 0 Å². The summed E-state index contributed by atoms with van der Waals surface area (Å²) >= 11 is 3.36. The molecular weight excluding hydrogens is 314 g/mol. The van der Waals surface area contributed by atoms with E-state index in [9.17, 15) is 8.42 Å². The van der Waals surface area contributed by atoms with E-state index in [0.29, 0.717) is 10.5 Å². The predicted molar refractivity (Wildman–Crippen MR) is 74.0 cm³/mol. The van der Waals surface area contributed by atoms with Crippen LogP contribution in [0, 0.1) is 6.92 Å². The van der Waals surface area contributed by atoms with E-state index >= 15 is 0 Å². The standard InChI is InChI=1S/C13H12BrNO2S/c1-10-7-12(4-5-13(10)14)18(16,17)9-11-3-2-6-15-8-11/h2-8H,9H2,1H3. The maximum atomic E-state index is 12.2. The summed E-state index contributed by atoms with van der Waals surface area (Å²) in [5.41, 5.74) is 1.60. The fraction of sp³-hybridized carbons (Fsp3) is 0.154. The molecule has 2 aromatic rings. The van der Waals surface area contributed by atoms with Crippen LogP contribution in [0.25, 0.3) is 0 Å². The Morgan fingerprint density at radius 3 is 2.67 bits per heavy atom. The molecule has 0 fully saturated rings. The number of nitrogens with zero attached hydrogens (tertiary/aromatic N) is 1. The van der Waals surface area contributed by atoms with Gasteiger partial charge < -0.3 is 0 Å². The Morgan fingerprint density at radius 2 is 2.06 bits per heavy atom. The molecule has 0 bridgehead atoms. The number of aromatic nitrogens is 1. The molecule has 3 nitrogen and oxygen atoms in total. The van der Waals surface area contributed by atoms with E-state index < -0.39 is 9.84 Å². The van der Waals surface area contributed by atoms with Crippen molar-refractivity contribution in [1.29, 1.82) is 0 Å². The van der Waals surface area contributed by atoms with Gasteiger partial charge in [-0.3, -0.25) is 4.98 Å². The summed E-state index contributed by atoms with van der Waals surface area (Å²) in [5, 5.41) is 0. The summed E-state index contributed by atoms with van der Waals surface area (Å²) in [4.78, 5) is 4.26. The zero-order valence-electron chi connectivity index (χ0n) is 9.80. The molecule has 1 heterocycles. The van der Waals surface area contributed by atoms with Gasteiger partial charge in [0.2, 0.25) is 0 Å². The van der Waals surface area contributed by atoms with Crippen LogP contribution in [0.4, 0.5) is 0 Å². The van der Waals surface area contributed by atoms with Crippen molar-refractivity contribution in [3.63, 3.8) is 0 Å². The topological polar surface area (TPSA) is 47.0 Å². The van der Waals surface area contributed by atoms with Gasteiger partial charge in [0.1, 0.15) is 0 Å². The molecule has 0 amide bonds. The highest BCUT2D eigenvalue weighted by atomic mass is 79.9. The van der Waals surface area contributed by atoms with Crippen molar-refractivity contribution in [2.24, 2.45) is 0 Å². The number of aryl methyl sites for hydroxylation is 1. The molecular formula is C13H12BrNO2S. The summed E-state index contributed by atoms with van der Waals surface area (Å²) in [5.74, 6) is -0.0259. The second-order valence-electron chi connectivity index (χ2n) is 4.03. The molecule has 5 heteroatoms. The summed E-state index contributed by atoms with van der Waals surface area (Å²) in [7, 11) is -3.31. The lowest BCUT2D eigenvalue weighted by molar-refractivity contribution is 0.595. The Balaban J connectivity index is 2.34. The first kappa shape index (κ1) is 13.2. The molecule has 2 rings (SSSR count). The van der Waals surface area contributed by atoms with Crippen molar-refractivity contribution in [2.75, 3.05) is 0 Å². The largest absolute Gasteiger partial charge is 0.264 e. The van der Waals surface area contributed by atoms with Gasteiger partial charge in [-0.1, -0.05) is 22.0 Å². The lowest BCUT2D eigenvalue weighted by Crippen LogP contribution is -2.05. The molecule has 0 aliphatic heterocycles. The first-order chi connectivity index (χ1) is 8.49. The molecule has 0 N–H and O–H groups in total. The van der Waals surface area contributed by atoms with E-state index in [2.05, 4.69) is 20.9 Å². The van der Waals surface area contributed by atoms with Crippen molar-refractivity contribution in [2.45, 2.75) is 17.6 Å². The zero-order chi connectivity index (χ0) is 13.2. The van der Waals surface area contributed by atoms with Crippen molar-refractivity contribution in [1.82, 2.24) is 4.98 Å². The molecule has 0 aliphatic rings. The molecule has 0 atom stereocenters. The first-order valence-electron chi connectivity index (χ1n) is 5.37. The number of rotatable bonds is 3. The average Bonchev–Trinajstić information content (AvgIpc) is 2.33. The number of halogens is 1. The van der Waals surface area contributed by atoms with Crippen molar-refractivity contribution in [3.05, 3.63) is 58.3 Å². The lowest BCUT2D eigenvalue weighted by atomic mass is 10.2. The van der Waals surface area contributed by atoms with Gasteiger partial charge in [0.05, 0.1) is 10.6 Å². The summed E-state index contributed by atoms with van der Waals surface area (Å²) in [6.07, 6.45) is 3.20. The van der Waals surface area contributed by atoms with Crippen molar-refractivity contribution >= 4 is 25.8 Å². The van der Waals surface area contributed by atoms with Gasteiger partial charge in [-0.05, 0) is 42.3 Å². The lowest BCUT2D eigenvalue weighted by Gasteiger charge is -2.06.